The van der Waals surface area contributed by atoms with Crippen molar-refractivity contribution in [3.63, 3.8) is 0 Å². The van der Waals surface area contributed by atoms with E-state index in [0.717, 1.165) is 30.8 Å². The fraction of sp³-hybridized carbons (Fsp3) is 0.727. The first-order valence-electron chi connectivity index (χ1n) is 6.05. The van der Waals surface area contributed by atoms with Crippen LogP contribution in [0.4, 0.5) is 5.13 Å². The standard InChI is InChI=1S/C11H18N4OS.ClH/c1-3-9-14-15-11(17-9)13-10(16)8-4-5-12-7(2)6-8;/h7-8,12H,3-6H2,1-2H3,(H,13,15,16);1H/t7-,8-;/m0./s1. The summed E-state index contributed by atoms with van der Waals surface area (Å²) in [5, 5.41) is 15.7. The Labute approximate surface area is 117 Å². The third-order valence-corrected chi connectivity index (χ3v) is 3.98. The summed E-state index contributed by atoms with van der Waals surface area (Å²) in [7, 11) is 0. The molecule has 2 rings (SSSR count). The Bertz CT molecular complexity index is 398. The minimum absolute atomic E-state index is 0. The molecule has 18 heavy (non-hydrogen) atoms. The van der Waals surface area contributed by atoms with Crippen LogP contribution in [0.3, 0.4) is 0 Å². The first-order valence-corrected chi connectivity index (χ1v) is 6.87. The highest BCUT2D eigenvalue weighted by Gasteiger charge is 2.25. The molecule has 0 aromatic carbocycles. The van der Waals surface area contributed by atoms with Crippen molar-refractivity contribution < 1.29 is 4.79 Å². The first kappa shape index (κ1) is 15.3. The summed E-state index contributed by atoms with van der Waals surface area (Å²) in [6, 6.07) is 0.417. The first-order chi connectivity index (χ1) is 8.19. The second kappa shape index (κ2) is 7.01. The van der Waals surface area contributed by atoms with Gasteiger partial charge in [-0.3, -0.25) is 4.79 Å². The molecule has 0 saturated carbocycles. The third-order valence-electron chi connectivity index (χ3n) is 2.99. The van der Waals surface area contributed by atoms with E-state index in [2.05, 4.69) is 27.8 Å². The molecule has 7 heteroatoms. The van der Waals surface area contributed by atoms with Crippen molar-refractivity contribution in [2.24, 2.45) is 5.92 Å². The average Bonchev–Trinajstić information content (AvgIpc) is 2.77. The zero-order chi connectivity index (χ0) is 12.3. The summed E-state index contributed by atoms with van der Waals surface area (Å²) in [5.74, 6) is 0.178. The number of nitrogens with one attached hydrogen (secondary N) is 2. The van der Waals surface area contributed by atoms with E-state index in [-0.39, 0.29) is 24.2 Å². The molecule has 0 unspecified atom stereocenters. The topological polar surface area (TPSA) is 66.9 Å². The Kier molecular flexibility index (Phi) is 5.98. The number of carbonyl (C=O) groups excluding carboxylic acids is 1. The Morgan fingerprint density at radius 1 is 1.56 bits per heavy atom. The highest BCUT2D eigenvalue weighted by Crippen LogP contribution is 2.20. The monoisotopic (exact) mass is 290 g/mol. The van der Waals surface area contributed by atoms with Crippen LogP contribution in [0, 0.1) is 5.92 Å². The van der Waals surface area contributed by atoms with Crippen molar-refractivity contribution in [3.8, 4) is 0 Å². The molecule has 1 aromatic rings. The SMILES string of the molecule is CCc1nnc(NC(=O)[C@H]2CCN[C@@H](C)C2)s1.Cl. The summed E-state index contributed by atoms with van der Waals surface area (Å²) in [4.78, 5) is 12.0. The second-order valence-corrected chi connectivity index (χ2v) is 5.48. The fourth-order valence-corrected chi connectivity index (χ4v) is 2.71. The molecule has 2 heterocycles. The largest absolute Gasteiger partial charge is 0.314 e. The number of aromatic nitrogens is 2. The molecule has 1 aromatic heterocycles. The minimum atomic E-state index is 0. The van der Waals surface area contributed by atoms with Crippen molar-refractivity contribution in [1.29, 1.82) is 0 Å². The number of hydrogen-bond acceptors (Lipinski definition) is 5. The number of anilines is 1. The summed E-state index contributed by atoms with van der Waals surface area (Å²) in [5.41, 5.74) is 0. The number of amides is 1. The van der Waals surface area contributed by atoms with E-state index in [0.29, 0.717) is 11.2 Å². The maximum absolute atomic E-state index is 12.0. The van der Waals surface area contributed by atoms with Gasteiger partial charge in [0.2, 0.25) is 11.0 Å². The molecule has 0 radical (unpaired) electrons. The predicted molar refractivity (Wildman–Crippen MR) is 75.4 cm³/mol. The van der Waals surface area contributed by atoms with Gasteiger partial charge in [0, 0.05) is 12.0 Å². The van der Waals surface area contributed by atoms with Crippen LogP contribution in [-0.2, 0) is 11.2 Å². The molecule has 1 aliphatic heterocycles. The lowest BCUT2D eigenvalue weighted by Crippen LogP contribution is -2.40. The van der Waals surface area contributed by atoms with Crippen molar-refractivity contribution in [1.82, 2.24) is 15.5 Å². The van der Waals surface area contributed by atoms with Gasteiger partial charge in [-0.15, -0.1) is 22.6 Å². The number of rotatable bonds is 3. The summed E-state index contributed by atoms with van der Waals surface area (Å²) >= 11 is 1.46. The predicted octanol–water partition coefficient (Wildman–Crippen LogP) is 1.85. The smallest absolute Gasteiger partial charge is 0.229 e. The van der Waals surface area contributed by atoms with Gasteiger partial charge in [-0.05, 0) is 32.7 Å². The molecule has 1 aliphatic rings. The van der Waals surface area contributed by atoms with Gasteiger partial charge in [0.05, 0.1) is 0 Å². The van der Waals surface area contributed by atoms with E-state index in [4.69, 9.17) is 0 Å². The van der Waals surface area contributed by atoms with E-state index in [1.54, 1.807) is 0 Å². The van der Waals surface area contributed by atoms with Crippen LogP contribution >= 0.6 is 23.7 Å². The zero-order valence-electron chi connectivity index (χ0n) is 10.6. The second-order valence-electron chi connectivity index (χ2n) is 4.42. The molecule has 0 aliphatic carbocycles. The molecule has 2 N–H and O–H groups in total. The van der Waals surface area contributed by atoms with Gasteiger partial charge in [0.25, 0.3) is 0 Å². The van der Waals surface area contributed by atoms with Crippen molar-refractivity contribution in [2.45, 2.75) is 39.2 Å². The molecule has 1 saturated heterocycles. The summed E-state index contributed by atoms with van der Waals surface area (Å²) < 4.78 is 0. The van der Waals surface area contributed by atoms with Crippen LogP contribution in [0.2, 0.25) is 0 Å². The van der Waals surface area contributed by atoms with E-state index in [9.17, 15) is 4.79 Å². The minimum Gasteiger partial charge on any atom is -0.314 e. The number of nitrogens with zero attached hydrogens (tertiary/aromatic N) is 2. The highest BCUT2D eigenvalue weighted by atomic mass is 35.5. The van der Waals surface area contributed by atoms with Crippen LogP contribution in [0.1, 0.15) is 31.7 Å². The average molecular weight is 291 g/mol. The molecular weight excluding hydrogens is 272 g/mol. The summed E-state index contributed by atoms with van der Waals surface area (Å²) in [6.45, 7) is 5.05. The van der Waals surface area contributed by atoms with Gasteiger partial charge in [0.15, 0.2) is 0 Å². The molecule has 2 atom stereocenters. The van der Waals surface area contributed by atoms with Crippen molar-refractivity contribution in [3.05, 3.63) is 5.01 Å². The Hall–Kier alpha value is -0.720. The lowest BCUT2D eigenvalue weighted by Gasteiger charge is -2.26. The summed E-state index contributed by atoms with van der Waals surface area (Å²) in [6.07, 6.45) is 2.65. The van der Waals surface area contributed by atoms with Crippen LogP contribution in [-0.4, -0.2) is 28.7 Å². The van der Waals surface area contributed by atoms with Crippen LogP contribution in [0.15, 0.2) is 0 Å². The molecule has 102 valence electrons. The number of halogens is 1. The van der Waals surface area contributed by atoms with Crippen LogP contribution in [0.25, 0.3) is 0 Å². The van der Waals surface area contributed by atoms with Gasteiger partial charge in [-0.1, -0.05) is 18.3 Å². The van der Waals surface area contributed by atoms with Gasteiger partial charge in [-0.2, -0.15) is 0 Å². The lowest BCUT2D eigenvalue weighted by molar-refractivity contribution is -0.120. The highest BCUT2D eigenvalue weighted by molar-refractivity contribution is 7.15. The van der Waals surface area contributed by atoms with Crippen LogP contribution < -0.4 is 10.6 Å². The Balaban J connectivity index is 0.00000162. The lowest BCUT2D eigenvalue weighted by atomic mass is 9.93. The van der Waals surface area contributed by atoms with Gasteiger partial charge in [-0.25, -0.2) is 0 Å². The molecule has 0 bridgehead atoms. The van der Waals surface area contributed by atoms with Gasteiger partial charge >= 0.3 is 0 Å². The molecular formula is C11H19ClN4OS. The van der Waals surface area contributed by atoms with Crippen molar-refractivity contribution in [2.75, 3.05) is 11.9 Å². The fourth-order valence-electron chi connectivity index (χ4n) is 2.02. The zero-order valence-corrected chi connectivity index (χ0v) is 12.2. The third kappa shape index (κ3) is 3.90. The molecule has 5 nitrogen and oxygen atoms in total. The van der Waals surface area contributed by atoms with E-state index >= 15 is 0 Å². The van der Waals surface area contributed by atoms with E-state index < -0.39 is 0 Å². The maximum Gasteiger partial charge on any atom is 0.229 e. The Morgan fingerprint density at radius 2 is 2.33 bits per heavy atom. The number of aryl methyl sites for hydroxylation is 1. The van der Waals surface area contributed by atoms with Gasteiger partial charge in [0.1, 0.15) is 5.01 Å². The number of carbonyl (C=O) groups is 1. The molecule has 0 spiro atoms. The van der Waals surface area contributed by atoms with E-state index in [1.165, 1.54) is 11.3 Å². The normalized spacial score (nSPS) is 23.2. The number of piperidine rings is 1. The quantitative estimate of drug-likeness (QED) is 0.891. The van der Waals surface area contributed by atoms with Gasteiger partial charge < -0.3 is 10.6 Å². The Morgan fingerprint density at radius 3 is 2.94 bits per heavy atom. The maximum atomic E-state index is 12.0. The van der Waals surface area contributed by atoms with Crippen LogP contribution in [0.5, 0.6) is 0 Å². The number of hydrogen-bond donors (Lipinski definition) is 2. The van der Waals surface area contributed by atoms with E-state index in [1.807, 2.05) is 6.92 Å². The molecule has 1 fully saturated rings. The molecule has 1 amide bonds. The van der Waals surface area contributed by atoms with Crippen molar-refractivity contribution >= 4 is 34.8 Å².